The minimum absolute atomic E-state index is 0.0939. The van der Waals surface area contributed by atoms with Crippen LogP contribution in [0.1, 0.15) is 17.5 Å². The third-order valence-corrected chi connectivity index (χ3v) is 4.89. The van der Waals surface area contributed by atoms with Gasteiger partial charge in [0.25, 0.3) is 5.91 Å². The van der Waals surface area contributed by atoms with E-state index in [0.29, 0.717) is 31.1 Å². The lowest BCUT2D eigenvalue weighted by atomic mass is 10.2. The number of pyridine rings is 1. The molecule has 0 aromatic carbocycles. The largest absolute Gasteiger partial charge is 0.482 e. The van der Waals surface area contributed by atoms with E-state index in [9.17, 15) is 18.3 Å². The number of aliphatic hydroxyl groups excluding tert-OH is 1. The van der Waals surface area contributed by atoms with Crippen LogP contribution in [0.25, 0.3) is 0 Å². The third-order valence-electron chi connectivity index (χ3n) is 3.97. The van der Waals surface area contributed by atoms with Crippen molar-refractivity contribution in [2.45, 2.75) is 19.2 Å². The average Bonchev–Trinajstić information content (AvgIpc) is 3.02. The SMILES string of the molecule is CS(=O)(=O)C[C@@H](O)c1cc2n(n1)CCN(C(=O)COc1cccnc1)C2. The summed E-state index contributed by atoms with van der Waals surface area (Å²) in [6.45, 7) is 1.17. The molecule has 26 heavy (non-hydrogen) atoms. The summed E-state index contributed by atoms with van der Waals surface area (Å²) in [5, 5.41) is 14.3. The van der Waals surface area contributed by atoms with Gasteiger partial charge in [0.05, 0.1) is 36.4 Å². The zero-order chi connectivity index (χ0) is 18.7. The molecule has 0 bridgehead atoms. The molecule has 0 radical (unpaired) electrons. The van der Waals surface area contributed by atoms with Gasteiger partial charge in [-0.05, 0) is 18.2 Å². The molecule has 0 saturated heterocycles. The van der Waals surface area contributed by atoms with Crippen molar-refractivity contribution in [2.75, 3.05) is 25.2 Å². The maximum atomic E-state index is 12.3. The van der Waals surface area contributed by atoms with Gasteiger partial charge in [0, 0.05) is 19.0 Å². The second-order valence-electron chi connectivity index (χ2n) is 6.18. The van der Waals surface area contributed by atoms with Crippen LogP contribution in [0, 0.1) is 0 Å². The first-order valence-corrected chi connectivity index (χ1v) is 10.1. The Morgan fingerprint density at radius 1 is 1.42 bits per heavy atom. The molecule has 2 aromatic rings. The highest BCUT2D eigenvalue weighted by Crippen LogP contribution is 2.19. The zero-order valence-corrected chi connectivity index (χ0v) is 15.1. The first kappa shape index (κ1) is 18.3. The molecule has 3 rings (SSSR count). The number of fused-ring (bicyclic) bond motifs is 1. The molecule has 0 saturated carbocycles. The lowest BCUT2D eigenvalue weighted by Gasteiger charge is -2.27. The fourth-order valence-electron chi connectivity index (χ4n) is 2.71. The molecule has 1 aliphatic heterocycles. The van der Waals surface area contributed by atoms with Crippen molar-refractivity contribution in [3.63, 3.8) is 0 Å². The number of aromatic nitrogens is 3. The Kier molecular flexibility index (Phi) is 5.23. The van der Waals surface area contributed by atoms with E-state index in [4.69, 9.17) is 4.74 Å². The highest BCUT2D eigenvalue weighted by atomic mass is 32.2. The smallest absolute Gasteiger partial charge is 0.260 e. The van der Waals surface area contributed by atoms with Crippen LogP contribution < -0.4 is 4.74 Å². The molecule has 9 nitrogen and oxygen atoms in total. The number of hydrogen-bond acceptors (Lipinski definition) is 7. The number of rotatable bonds is 6. The molecule has 1 aliphatic rings. The molecule has 2 aromatic heterocycles. The van der Waals surface area contributed by atoms with Gasteiger partial charge in [-0.3, -0.25) is 14.5 Å². The molecule has 0 aliphatic carbocycles. The fraction of sp³-hybridized carbons (Fsp3) is 0.438. The maximum absolute atomic E-state index is 12.3. The summed E-state index contributed by atoms with van der Waals surface area (Å²) in [4.78, 5) is 17.9. The van der Waals surface area contributed by atoms with Gasteiger partial charge in [-0.15, -0.1) is 0 Å². The van der Waals surface area contributed by atoms with Crippen LogP contribution in [-0.2, 0) is 27.7 Å². The first-order valence-electron chi connectivity index (χ1n) is 8.05. The van der Waals surface area contributed by atoms with Gasteiger partial charge in [-0.2, -0.15) is 5.10 Å². The Labute approximate surface area is 151 Å². The summed E-state index contributed by atoms with van der Waals surface area (Å²) in [6, 6.07) is 5.08. The van der Waals surface area contributed by atoms with Gasteiger partial charge in [0.15, 0.2) is 6.61 Å². The van der Waals surface area contributed by atoms with E-state index in [0.717, 1.165) is 11.9 Å². The minimum atomic E-state index is -3.32. The Balaban J connectivity index is 1.61. The van der Waals surface area contributed by atoms with E-state index in [1.165, 1.54) is 6.20 Å². The summed E-state index contributed by atoms with van der Waals surface area (Å²) < 4.78 is 29.8. The van der Waals surface area contributed by atoms with Crippen molar-refractivity contribution in [1.29, 1.82) is 0 Å². The van der Waals surface area contributed by atoms with Crippen molar-refractivity contribution >= 4 is 15.7 Å². The number of carbonyl (C=O) groups excluding carboxylic acids is 1. The lowest BCUT2D eigenvalue weighted by molar-refractivity contribution is -0.134. The van der Waals surface area contributed by atoms with Gasteiger partial charge in [-0.25, -0.2) is 8.42 Å². The van der Waals surface area contributed by atoms with Crippen molar-refractivity contribution in [2.24, 2.45) is 0 Å². The Bertz CT molecular complexity index is 881. The van der Waals surface area contributed by atoms with Crippen LogP contribution >= 0.6 is 0 Å². The number of sulfone groups is 1. The first-order chi connectivity index (χ1) is 12.3. The average molecular weight is 380 g/mol. The molecule has 0 unspecified atom stereocenters. The molecule has 1 amide bonds. The Morgan fingerprint density at radius 3 is 2.92 bits per heavy atom. The molecule has 1 N–H and O–H groups in total. The molecule has 140 valence electrons. The van der Waals surface area contributed by atoms with Crippen molar-refractivity contribution in [3.05, 3.63) is 42.0 Å². The number of nitrogens with zero attached hydrogens (tertiary/aromatic N) is 4. The fourth-order valence-corrected chi connectivity index (χ4v) is 3.45. The number of carbonyl (C=O) groups is 1. The van der Waals surface area contributed by atoms with Crippen molar-refractivity contribution in [3.8, 4) is 5.75 Å². The molecule has 0 fully saturated rings. The predicted octanol–water partition coefficient (Wildman–Crippen LogP) is -0.223. The van der Waals surface area contributed by atoms with E-state index < -0.39 is 15.9 Å². The second kappa shape index (κ2) is 7.42. The number of aliphatic hydroxyl groups is 1. The molecular weight excluding hydrogens is 360 g/mol. The van der Waals surface area contributed by atoms with E-state index in [-0.39, 0.29) is 18.3 Å². The molecular formula is C16H20N4O5S. The quantitative estimate of drug-likeness (QED) is 0.736. The van der Waals surface area contributed by atoms with Crippen LogP contribution in [-0.4, -0.2) is 64.3 Å². The van der Waals surface area contributed by atoms with Gasteiger partial charge in [-0.1, -0.05) is 0 Å². The summed E-state index contributed by atoms with van der Waals surface area (Å²) in [6.07, 6.45) is 3.04. The highest BCUT2D eigenvalue weighted by Gasteiger charge is 2.25. The van der Waals surface area contributed by atoms with Gasteiger partial charge < -0.3 is 14.7 Å². The normalized spacial score (nSPS) is 15.4. The maximum Gasteiger partial charge on any atom is 0.260 e. The summed E-state index contributed by atoms with van der Waals surface area (Å²) >= 11 is 0. The van der Waals surface area contributed by atoms with Crippen LogP contribution in [0.4, 0.5) is 0 Å². The monoisotopic (exact) mass is 380 g/mol. The Hall–Kier alpha value is -2.46. The summed E-state index contributed by atoms with van der Waals surface area (Å²) in [7, 11) is -3.32. The Morgan fingerprint density at radius 2 is 2.23 bits per heavy atom. The van der Waals surface area contributed by atoms with Crippen LogP contribution in [0.5, 0.6) is 5.75 Å². The molecule has 3 heterocycles. The molecule has 1 atom stereocenters. The lowest BCUT2D eigenvalue weighted by Crippen LogP contribution is -2.40. The summed E-state index contributed by atoms with van der Waals surface area (Å²) in [5.41, 5.74) is 1.04. The number of amides is 1. The van der Waals surface area contributed by atoms with Gasteiger partial charge in [0.2, 0.25) is 0 Å². The number of hydrogen-bond donors (Lipinski definition) is 1. The zero-order valence-electron chi connectivity index (χ0n) is 14.3. The van der Waals surface area contributed by atoms with E-state index in [1.807, 2.05) is 0 Å². The van der Waals surface area contributed by atoms with E-state index in [2.05, 4.69) is 10.1 Å². The second-order valence-corrected chi connectivity index (χ2v) is 8.37. The van der Waals surface area contributed by atoms with E-state index >= 15 is 0 Å². The van der Waals surface area contributed by atoms with Gasteiger partial charge in [0.1, 0.15) is 21.7 Å². The summed E-state index contributed by atoms with van der Waals surface area (Å²) in [5.74, 6) is -0.0287. The predicted molar refractivity (Wildman–Crippen MR) is 92.0 cm³/mol. The van der Waals surface area contributed by atoms with E-state index in [1.54, 1.807) is 34.0 Å². The molecule has 0 spiro atoms. The van der Waals surface area contributed by atoms with Gasteiger partial charge >= 0.3 is 0 Å². The third kappa shape index (κ3) is 4.58. The van der Waals surface area contributed by atoms with Crippen LogP contribution in [0.15, 0.2) is 30.6 Å². The van der Waals surface area contributed by atoms with Crippen LogP contribution in [0.3, 0.4) is 0 Å². The van der Waals surface area contributed by atoms with Crippen molar-refractivity contribution in [1.82, 2.24) is 19.7 Å². The number of ether oxygens (including phenoxy) is 1. The molecule has 10 heteroatoms. The minimum Gasteiger partial charge on any atom is -0.482 e. The van der Waals surface area contributed by atoms with Crippen molar-refractivity contribution < 1.29 is 23.1 Å². The standard InChI is InChI=1S/C16H20N4O5S/c1-26(23,24)11-15(21)14-7-12-9-19(5-6-20(12)18-14)16(22)10-25-13-3-2-4-17-8-13/h2-4,7-8,15,21H,5-6,9-11H2,1H3/t15-/m1/s1. The van der Waals surface area contributed by atoms with Crippen LogP contribution in [0.2, 0.25) is 0 Å². The topological polar surface area (TPSA) is 115 Å². The highest BCUT2D eigenvalue weighted by molar-refractivity contribution is 7.90.